The van der Waals surface area contributed by atoms with Crippen LogP contribution in [-0.2, 0) is 10.0 Å². The van der Waals surface area contributed by atoms with Gasteiger partial charge in [-0.05, 0) is 37.0 Å². The third kappa shape index (κ3) is 4.04. The zero-order chi connectivity index (χ0) is 14.6. The van der Waals surface area contributed by atoms with Gasteiger partial charge in [-0.15, -0.1) is 0 Å². The molecule has 0 aromatic heterocycles. The Morgan fingerprint density at radius 1 is 1.40 bits per heavy atom. The van der Waals surface area contributed by atoms with Crippen molar-refractivity contribution in [2.75, 3.05) is 13.2 Å². The van der Waals surface area contributed by atoms with Gasteiger partial charge in [0.05, 0.1) is 11.5 Å². The molecular formula is C14H16FNO3S. The highest BCUT2D eigenvalue weighted by molar-refractivity contribution is 7.89. The standard InChI is InChI=1S/C14H16FNO3S/c15-13-6-7-14(12(9-13)3-1-2-8-17)20(18,19)16-10-11-4-5-11/h6-7,9,11,16-17H,2,4-5,8,10H2. The summed E-state index contributed by atoms with van der Waals surface area (Å²) in [5.41, 5.74) is 0.113. The molecule has 0 heterocycles. The zero-order valence-corrected chi connectivity index (χ0v) is 11.7. The summed E-state index contributed by atoms with van der Waals surface area (Å²) in [4.78, 5) is -0.0232. The molecule has 1 saturated carbocycles. The number of aliphatic hydroxyl groups is 1. The van der Waals surface area contributed by atoms with Crippen LogP contribution in [0.5, 0.6) is 0 Å². The molecule has 0 atom stereocenters. The van der Waals surface area contributed by atoms with Crippen LogP contribution in [0.4, 0.5) is 4.39 Å². The average molecular weight is 297 g/mol. The van der Waals surface area contributed by atoms with Gasteiger partial charge < -0.3 is 5.11 Å². The van der Waals surface area contributed by atoms with Crippen molar-refractivity contribution in [3.63, 3.8) is 0 Å². The van der Waals surface area contributed by atoms with Crippen molar-refractivity contribution in [1.82, 2.24) is 4.72 Å². The van der Waals surface area contributed by atoms with Gasteiger partial charge >= 0.3 is 0 Å². The van der Waals surface area contributed by atoms with Crippen LogP contribution in [0.2, 0.25) is 0 Å². The number of aliphatic hydroxyl groups excluding tert-OH is 1. The Hall–Kier alpha value is -1.42. The summed E-state index contributed by atoms with van der Waals surface area (Å²) in [6, 6.07) is 3.41. The van der Waals surface area contributed by atoms with Gasteiger partial charge in [0, 0.05) is 18.5 Å². The molecular weight excluding hydrogens is 281 g/mol. The summed E-state index contributed by atoms with van der Waals surface area (Å²) in [5.74, 6) is 5.07. The van der Waals surface area contributed by atoms with Crippen molar-refractivity contribution in [2.45, 2.75) is 24.2 Å². The molecule has 0 spiro atoms. The number of rotatable bonds is 5. The molecule has 1 aliphatic rings. The van der Waals surface area contributed by atoms with Crippen molar-refractivity contribution < 1.29 is 17.9 Å². The lowest BCUT2D eigenvalue weighted by atomic mass is 10.2. The molecule has 1 aromatic carbocycles. The summed E-state index contributed by atoms with van der Waals surface area (Å²) in [7, 11) is -3.68. The molecule has 1 aliphatic carbocycles. The van der Waals surface area contributed by atoms with E-state index >= 15 is 0 Å². The first-order valence-electron chi connectivity index (χ1n) is 6.42. The molecule has 0 radical (unpaired) electrons. The molecule has 0 amide bonds. The van der Waals surface area contributed by atoms with Crippen molar-refractivity contribution in [3.05, 3.63) is 29.6 Å². The van der Waals surface area contributed by atoms with Gasteiger partial charge in [-0.3, -0.25) is 0 Å². The fraction of sp³-hybridized carbons (Fsp3) is 0.429. The van der Waals surface area contributed by atoms with E-state index in [-0.39, 0.29) is 23.5 Å². The monoisotopic (exact) mass is 297 g/mol. The average Bonchev–Trinajstić information content (AvgIpc) is 3.21. The van der Waals surface area contributed by atoms with Crippen LogP contribution in [0.25, 0.3) is 0 Å². The van der Waals surface area contributed by atoms with E-state index in [1.54, 1.807) is 0 Å². The van der Waals surface area contributed by atoms with E-state index < -0.39 is 15.8 Å². The minimum Gasteiger partial charge on any atom is -0.395 e. The third-order valence-electron chi connectivity index (χ3n) is 2.95. The lowest BCUT2D eigenvalue weighted by Gasteiger charge is -2.08. The first kappa shape index (κ1) is 15.0. The summed E-state index contributed by atoms with van der Waals surface area (Å²) < 4.78 is 40.1. The second-order valence-corrected chi connectivity index (χ2v) is 6.45. The molecule has 0 saturated heterocycles. The maximum atomic E-state index is 13.2. The SMILES string of the molecule is O=S(=O)(NCC1CC1)c1ccc(F)cc1C#CCCO. The predicted octanol–water partition coefficient (Wildman–Crippen LogP) is 1.25. The van der Waals surface area contributed by atoms with Crippen LogP contribution in [0.1, 0.15) is 24.8 Å². The Balaban J connectivity index is 2.27. The normalized spacial score (nSPS) is 14.7. The van der Waals surface area contributed by atoms with Crippen LogP contribution < -0.4 is 4.72 Å². The Kier molecular flexibility index (Phi) is 4.76. The maximum absolute atomic E-state index is 13.2. The lowest BCUT2D eigenvalue weighted by molar-refractivity contribution is 0.305. The number of sulfonamides is 1. The fourth-order valence-corrected chi connectivity index (χ4v) is 2.93. The largest absolute Gasteiger partial charge is 0.395 e. The van der Waals surface area contributed by atoms with Gasteiger partial charge in [0.2, 0.25) is 10.0 Å². The van der Waals surface area contributed by atoms with Crippen LogP contribution in [0, 0.1) is 23.6 Å². The quantitative estimate of drug-likeness (QED) is 0.804. The zero-order valence-electron chi connectivity index (χ0n) is 10.9. The van der Waals surface area contributed by atoms with Crippen LogP contribution in [-0.4, -0.2) is 26.7 Å². The van der Waals surface area contributed by atoms with Crippen LogP contribution in [0.15, 0.2) is 23.1 Å². The third-order valence-corrected chi connectivity index (χ3v) is 4.43. The van der Waals surface area contributed by atoms with Gasteiger partial charge in [0.15, 0.2) is 0 Å². The minimum atomic E-state index is -3.68. The van der Waals surface area contributed by atoms with Crippen molar-refractivity contribution >= 4 is 10.0 Å². The van der Waals surface area contributed by atoms with Crippen LogP contribution in [0.3, 0.4) is 0 Å². The van der Waals surface area contributed by atoms with E-state index in [0.717, 1.165) is 25.0 Å². The molecule has 0 aliphatic heterocycles. The maximum Gasteiger partial charge on any atom is 0.241 e. The second-order valence-electron chi connectivity index (χ2n) is 4.71. The first-order chi connectivity index (χ1) is 9.53. The summed E-state index contributed by atoms with van der Waals surface area (Å²) in [5, 5.41) is 8.67. The Bertz CT molecular complexity index is 642. The molecule has 108 valence electrons. The van der Waals surface area contributed by atoms with E-state index in [2.05, 4.69) is 16.6 Å². The van der Waals surface area contributed by atoms with Gasteiger partial charge in [-0.25, -0.2) is 17.5 Å². The highest BCUT2D eigenvalue weighted by Crippen LogP contribution is 2.28. The number of hydrogen-bond acceptors (Lipinski definition) is 3. The predicted molar refractivity (Wildman–Crippen MR) is 72.9 cm³/mol. The molecule has 4 nitrogen and oxygen atoms in total. The van der Waals surface area contributed by atoms with Crippen molar-refractivity contribution in [1.29, 1.82) is 0 Å². The Morgan fingerprint density at radius 2 is 2.15 bits per heavy atom. The van der Waals surface area contributed by atoms with Gasteiger partial charge in [0.25, 0.3) is 0 Å². The molecule has 2 rings (SSSR count). The van der Waals surface area contributed by atoms with E-state index in [1.165, 1.54) is 6.07 Å². The highest BCUT2D eigenvalue weighted by Gasteiger charge is 2.25. The number of hydrogen-bond donors (Lipinski definition) is 2. The Morgan fingerprint density at radius 3 is 2.80 bits per heavy atom. The van der Waals surface area contributed by atoms with Gasteiger partial charge in [-0.2, -0.15) is 0 Å². The Labute approximate surface area is 118 Å². The molecule has 1 fully saturated rings. The fourth-order valence-electron chi connectivity index (χ4n) is 1.68. The summed E-state index contributed by atoms with van der Waals surface area (Å²) in [6.07, 6.45) is 2.29. The smallest absolute Gasteiger partial charge is 0.241 e. The van der Waals surface area contributed by atoms with E-state index in [1.807, 2.05) is 0 Å². The summed E-state index contributed by atoms with van der Waals surface area (Å²) in [6.45, 7) is 0.285. The molecule has 2 N–H and O–H groups in total. The summed E-state index contributed by atoms with van der Waals surface area (Å²) >= 11 is 0. The molecule has 1 aromatic rings. The number of halogens is 1. The highest BCUT2D eigenvalue weighted by atomic mass is 32.2. The van der Waals surface area contributed by atoms with Crippen LogP contribution >= 0.6 is 0 Å². The molecule has 0 unspecified atom stereocenters. The number of nitrogens with one attached hydrogen (secondary N) is 1. The minimum absolute atomic E-state index is 0.0232. The van der Waals surface area contributed by atoms with E-state index in [4.69, 9.17) is 5.11 Å². The second kappa shape index (κ2) is 6.35. The molecule has 6 heteroatoms. The number of benzene rings is 1. The first-order valence-corrected chi connectivity index (χ1v) is 7.90. The van der Waals surface area contributed by atoms with Gasteiger partial charge in [0.1, 0.15) is 5.82 Å². The molecule has 20 heavy (non-hydrogen) atoms. The van der Waals surface area contributed by atoms with Crippen molar-refractivity contribution in [3.8, 4) is 11.8 Å². The lowest BCUT2D eigenvalue weighted by Crippen LogP contribution is -2.26. The molecule has 0 bridgehead atoms. The van der Waals surface area contributed by atoms with E-state index in [9.17, 15) is 12.8 Å². The van der Waals surface area contributed by atoms with Crippen molar-refractivity contribution in [2.24, 2.45) is 5.92 Å². The van der Waals surface area contributed by atoms with Gasteiger partial charge in [-0.1, -0.05) is 11.8 Å². The van der Waals surface area contributed by atoms with E-state index in [0.29, 0.717) is 12.5 Å². The topological polar surface area (TPSA) is 66.4 Å².